The molecule has 1 unspecified atom stereocenters. The van der Waals surface area contributed by atoms with Crippen LogP contribution in [-0.4, -0.2) is 4.83 Å². The van der Waals surface area contributed by atoms with Crippen LogP contribution in [0.25, 0.3) is 0 Å². The van der Waals surface area contributed by atoms with E-state index >= 15 is 0 Å². The second kappa shape index (κ2) is 7.33. The van der Waals surface area contributed by atoms with Crippen LogP contribution in [0.5, 0.6) is 0 Å². The summed E-state index contributed by atoms with van der Waals surface area (Å²) < 4.78 is 0. The Morgan fingerprint density at radius 2 is 2.10 bits per heavy atom. The van der Waals surface area contributed by atoms with Gasteiger partial charge in [0, 0.05) is 4.83 Å². The number of alkyl halides is 1. The van der Waals surface area contributed by atoms with Crippen molar-refractivity contribution in [1.82, 2.24) is 0 Å². The van der Waals surface area contributed by atoms with E-state index in [9.17, 15) is 0 Å². The molecule has 0 bridgehead atoms. The third kappa shape index (κ3) is 8.22. The maximum Gasteiger partial charge on any atom is 0.0117 e. The van der Waals surface area contributed by atoms with Crippen molar-refractivity contribution >= 4 is 15.9 Å². The summed E-state index contributed by atoms with van der Waals surface area (Å²) in [6.45, 7) is 5.89. The van der Waals surface area contributed by atoms with E-state index in [0.717, 1.165) is 0 Å². The van der Waals surface area contributed by atoms with Gasteiger partial charge in [0.2, 0.25) is 0 Å². The van der Waals surface area contributed by atoms with Gasteiger partial charge in [0.05, 0.1) is 0 Å². The monoisotopic (exact) mass is 204 g/mol. The number of unbranched alkanes of at least 4 members (excludes halogenated alkanes) is 3. The lowest BCUT2D eigenvalue weighted by molar-refractivity contribution is 0.648. The molecule has 0 aromatic rings. The molecular weight excluding hydrogens is 188 g/mol. The molecule has 0 saturated heterocycles. The molecule has 0 amide bonds. The van der Waals surface area contributed by atoms with Gasteiger partial charge in [-0.1, -0.05) is 41.8 Å². The Morgan fingerprint density at radius 3 is 2.60 bits per heavy atom. The fraction of sp³-hybridized carbons (Fsp3) is 0.778. The van der Waals surface area contributed by atoms with Crippen LogP contribution in [0.15, 0.2) is 12.7 Å². The third-order valence-corrected chi connectivity index (χ3v) is 1.97. The molecule has 1 heteroatoms. The highest BCUT2D eigenvalue weighted by atomic mass is 79.9. The van der Waals surface area contributed by atoms with Crippen LogP contribution < -0.4 is 0 Å². The topological polar surface area (TPSA) is 0 Å². The fourth-order valence-electron chi connectivity index (χ4n) is 0.891. The van der Waals surface area contributed by atoms with Crippen molar-refractivity contribution in [3.63, 3.8) is 0 Å². The average molecular weight is 205 g/mol. The highest BCUT2D eigenvalue weighted by Crippen LogP contribution is 2.10. The molecular formula is C9H17Br. The first-order chi connectivity index (χ1) is 4.77. The Hall–Kier alpha value is 0.220. The molecule has 0 aliphatic rings. The van der Waals surface area contributed by atoms with Gasteiger partial charge >= 0.3 is 0 Å². The zero-order valence-electron chi connectivity index (χ0n) is 6.78. The molecule has 0 aliphatic carbocycles. The van der Waals surface area contributed by atoms with Crippen LogP contribution in [0.4, 0.5) is 0 Å². The summed E-state index contributed by atoms with van der Waals surface area (Å²) in [6, 6.07) is 0. The van der Waals surface area contributed by atoms with E-state index in [4.69, 9.17) is 0 Å². The maximum absolute atomic E-state index is 3.68. The minimum Gasteiger partial charge on any atom is -0.103 e. The first kappa shape index (κ1) is 10.2. The van der Waals surface area contributed by atoms with Gasteiger partial charge in [-0.2, -0.15) is 0 Å². The van der Waals surface area contributed by atoms with Crippen molar-refractivity contribution in [2.45, 2.75) is 43.9 Å². The van der Waals surface area contributed by atoms with Gasteiger partial charge in [-0.3, -0.25) is 0 Å². The van der Waals surface area contributed by atoms with E-state index in [1.165, 1.54) is 32.1 Å². The zero-order chi connectivity index (χ0) is 7.82. The van der Waals surface area contributed by atoms with Crippen LogP contribution >= 0.6 is 15.9 Å². The molecule has 10 heavy (non-hydrogen) atoms. The molecule has 0 fully saturated rings. The SMILES string of the molecule is C=CCCCCCC(C)Br. The summed E-state index contributed by atoms with van der Waals surface area (Å²) in [5.41, 5.74) is 0. The molecule has 0 rings (SSSR count). The zero-order valence-corrected chi connectivity index (χ0v) is 8.36. The lowest BCUT2D eigenvalue weighted by Gasteiger charge is -2.00. The average Bonchev–Trinajstić information content (AvgIpc) is 1.87. The summed E-state index contributed by atoms with van der Waals surface area (Å²) in [5, 5.41) is 0. The molecule has 1 atom stereocenters. The van der Waals surface area contributed by atoms with E-state index in [2.05, 4.69) is 29.4 Å². The molecule has 0 aliphatic heterocycles. The number of hydrogen-bond acceptors (Lipinski definition) is 0. The summed E-state index contributed by atoms with van der Waals surface area (Å²) in [6.07, 6.45) is 8.48. The Morgan fingerprint density at radius 1 is 1.40 bits per heavy atom. The predicted molar refractivity (Wildman–Crippen MR) is 51.7 cm³/mol. The van der Waals surface area contributed by atoms with E-state index in [0.29, 0.717) is 4.83 Å². The number of rotatable bonds is 6. The first-order valence-electron chi connectivity index (χ1n) is 4.02. The molecule has 0 saturated carbocycles. The fourth-order valence-corrected chi connectivity index (χ4v) is 1.21. The van der Waals surface area contributed by atoms with Gasteiger partial charge in [0.1, 0.15) is 0 Å². The van der Waals surface area contributed by atoms with Gasteiger partial charge < -0.3 is 0 Å². The summed E-state index contributed by atoms with van der Waals surface area (Å²) >= 11 is 3.52. The maximum atomic E-state index is 3.68. The predicted octanol–water partition coefficient (Wildman–Crippen LogP) is 3.91. The Balaban J connectivity index is 2.83. The summed E-state index contributed by atoms with van der Waals surface area (Å²) in [7, 11) is 0. The van der Waals surface area contributed by atoms with Crippen LogP contribution in [0, 0.1) is 0 Å². The number of halogens is 1. The van der Waals surface area contributed by atoms with E-state index in [1.807, 2.05) is 6.08 Å². The minimum absolute atomic E-state index is 0.691. The van der Waals surface area contributed by atoms with Crippen molar-refractivity contribution in [1.29, 1.82) is 0 Å². The van der Waals surface area contributed by atoms with Crippen LogP contribution in [0.1, 0.15) is 39.0 Å². The van der Waals surface area contributed by atoms with E-state index < -0.39 is 0 Å². The second-order valence-electron chi connectivity index (χ2n) is 2.71. The first-order valence-corrected chi connectivity index (χ1v) is 4.94. The molecule has 0 heterocycles. The van der Waals surface area contributed by atoms with Crippen molar-refractivity contribution in [2.24, 2.45) is 0 Å². The second-order valence-corrected chi connectivity index (χ2v) is 4.27. The number of allylic oxidation sites excluding steroid dienone is 1. The lowest BCUT2D eigenvalue weighted by Crippen LogP contribution is -1.88. The van der Waals surface area contributed by atoms with Gasteiger partial charge in [0.25, 0.3) is 0 Å². The smallest absolute Gasteiger partial charge is 0.0117 e. The standard InChI is InChI=1S/C9H17Br/c1-3-4-5-6-7-8-9(2)10/h3,9H,1,4-8H2,2H3. The van der Waals surface area contributed by atoms with Crippen LogP contribution in [-0.2, 0) is 0 Å². The quantitative estimate of drug-likeness (QED) is 0.350. The number of hydrogen-bond donors (Lipinski definition) is 0. The molecule has 0 spiro atoms. The van der Waals surface area contributed by atoms with Crippen LogP contribution in [0.3, 0.4) is 0 Å². The highest BCUT2D eigenvalue weighted by molar-refractivity contribution is 9.09. The molecule has 0 radical (unpaired) electrons. The molecule has 0 nitrogen and oxygen atoms in total. The Kier molecular flexibility index (Phi) is 7.49. The molecule has 0 N–H and O–H groups in total. The van der Waals surface area contributed by atoms with Crippen molar-refractivity contribution in [2.75, 3.05) is 0 Å². The summed E-state index contributed by atoms with van der Waals surface area (Å²) in [5.74, 6) is 0. The van der Waals surface area contributed by atoms with E-state index in [1.54, 1.807) is 0 Å². The van der Waals surface area contributed by atoms with E-state index in [-0.39, 0.29) is 0 Å². The minimum atomic E-state index is 0.691. The normalized spacial score (nSPS) is 13.0. The van der Waals surface area contributed by atoms with Gasteiger partial charge in [-0.05, 0) is 19.3 Å². The van der Waals surface area contributed by atoms with Gasteiger partial charge in [0.15, 0.2) is 0 Å². The third-order valence-electron chi connectivity index (χ3n) is 1.51. The highest BCUT2D eigenvalue weighted by Gasteiger charge is 1.93. The van der Waals surface area contributed by atoms with Gasteiger partial charge in [-0.25, -0.2) is 0 Å². The molecule has 60 valence electrons. The van der Waals surface area contributed by atoms with Crippen molar-refractivity contribution in [3.05, 3.63) is 12.7 Å². The van der Waals surface area contributed by atoms with Gasteiger partial charge in [-0.15, -0.1) is 6.58 Å². The van der Waals surface area contributed by atoms with Crippen LogP contribution in [0.2, 0.25) is 0 Å². The molecule has 0 aromatic carbocycles. The Labute approximate surface area is 72.8 Å². The molecule has 0 aromatic heterocycles. The lowest BCUT2D eigenvalue weighted by atomic mass is 10.1. The summed E-state index contributed by atoms with van der Waals surface area (Å²) in [4.78, 5) is 0.691. The Bertz CT molecular complexity index is 76.8. The van der Waals surface area contributed by atoms with Crippen molar-refractivity contribution < 1.29 is 0 Å². The largest absolute Gasteiger partial charge is 0.103 e. The van der Waals surface area contributed by atoms with Crippen molar-refractivity contribution in [3.8, 4) is 0 Å².